The number of nitrogens with zero attached hydrogens (tertiary/aromatic N) is 1. The van der Waals surface area contributed by atoms with E-state index >= 15 is 0 Å². The standard InChI is InChI=1S/C14H22N2O5/c1-2-21-12(18)10-6-7-16(11(17)8-15)14(10,13(19)20)9-4-3-5-9/h9-10H,2-8,15H2,1H3,(H,19,20)/t10?,14-/m0/s1. The second kappa shape index (κ2) is 6.01. The Balaban J connectivity index is 2.43. The maximum Gasteiger partial charge on any atom is 0.330 e. The number of hydrogen-bond donors (Lipinski definition) is 2. The van der Waals surface area contributed by atoms with E-state index in [0.717, 1.165) is 6.42 Å². The van der Waals surface area contributed by atoms with Crippen LogP contribution in [0.25, 0.3) is 0 Å². The number of carbonyl (C=O) groups is 3. The monoisotopic (exact) mass is 298 g/mol. The molecule has 0 radical (unpaired) electrons. The molecule has 0 bridgehead atoms. The van der Waals surface area contributed by atoms with Crippen molar-refractivity contribution >= 4 is 17.8 Å². The summed E-state index contributed by atoms with van der Waals surface area (Å²) in [4.78, 5) is 37.7. The maximum atomic E-state index is 12.2. The molecule has 2 aliphatic rings. The number of amides is 1. The van der Waals surface area contributed by atoms with Crippen molar-refractivity contribution in [3.05, 3.63) is 0 Å². The summed E-state index contributed by atoms with van der Waals surface area (Å²) in [7, 11) is 0. The fourth-order valence-electron chi connectivity index (χ4n) is 3.63. The van der Waals surface area contributed by atoms with Crippen LogP contribution in [0.1, 0.15) is 32.6 Å². The van der Waals surface area contributed by atoms with Crippen molar-refractivity contribution in [1.82, 2.24) is 4.90 Å². The molecule has 1 saturated carbocycles. The number of carboxylic acids is 1. The zero-order valence-electron chi connectivity index (χ0n) is 12.2. The van der Waals surface area contributed by atoms with Crippen LogP contribution in [0.15, 0.2) is 0 Å². The van der Waals surface area contributed by atoms with Gasteiger partial charge in [-0.15, -0.1) is 0 Å². The predicted molar refractivity (Wildman–Crippen MR) is 73.2 cm³/mol. The Morgan fingerprint density at radius 3 is 2.43 bits per heavy atom. The van der Waals surface area contributed by atoms with Crippen molar-refractivity contribution < 1.29 is 24.2 Å². The van der Waals surface area contributed by atoms with Gasteiger partial charge in [-0.2, -0.15) is 0 Å². The fourth-order valence-corrected chi connectivity index (χ4v) is 3.63. The van der Waals surface area contributed by atoms with Gasteiger partial charge in [-0.3, -0.25) is 9.59 Å². The lowest BCUT2D eigenvalue weighted by Crippen LogP contribution is -2.64. The molecule has 7 nitrogen and oxygen atoms in total. The second-order valence-corrected chi connectivity index (χ2v) is 5.60. The van der Waals surface area contributed by atoms with Crippen LogP contribution in [-0.4, -0.2) is 53.1 Å². The number of nitrogens with two attached hydrogens (primary N) is 1. The average Bonchev–Trinajstić information content (AvgIpc) is 2.77. The molecule has 3 N–H and O–H groups in total. The first kappa shape index (κ1) is 15.8. The number of ether oxygens (including phenoxy) is 1. The molecule has 2 fully saturated rings. The van der Waals surface area contributed by atoms with Gasteiger partial charge in [0.2, 0.25) is 5.91 Å². The summed E-state index contributed by atoms with van der Waals surface area (Å²) in [6.07, 6.45) is 2.64. The van der Waals surface area contributed by atoms with Crippen LogP contribution in [0.5, 0.6) is 0 Å². The Kier molecular flexibility index (Phi) is 4.51. The van der Waals surface area contributed by atoms with Gasteiger partial charge in [0.25, 0.3) is 0 Å². The highest BCUT2D eigenvalue weighted by Gasteiger charge is 2.64. The summed E-state index contributed by atoms with van der Waals surface area (Å²) >= 11 is 0. The van der Waals surface area contributed by atoms with E-state index in [4.69, 9.17) is 10.5 Å². The highest BCUT2D eigenvalue weighted by molar-refractivity contribution is 5.94. The van der Waals surface area contributed by atoms with E-state index in [9.17, 15) is 19.5 Å². The first-order valence-corrected chi connectivity index (χ1v) is 7.40. The van der Waals surface area contributed by atoms with Gasteiger partial charge in [0, 0.05) is 6.54 Å². The van der Waals surface area contributed by atoms with E-state index in [1.165, 1.54) is 4.90 Å². The molecular weight excluding hydrogens is 276 g/mol. The molecule has 1 heterocycles. The number of carbonyl (C=O) groups excluding carboxylic acids is 2. The van der Waals surface area contributed by atoms with E-state index in [0.29, 0.717) is 19.3 Å². The molecule has 1 unspecified atom stereocenters. The van der Waals surface area contributed by atoms with Crippen molar-refractivity contribution in [2.75, 3.05) is 19.7 Å². The highest BCUT2D eigenvalue weighted by atomic mass is 16.5. The Labute approximate surface area is 123 Å². The predicted octanol–water partition coefficient (Wildman–Crippen LogP) is -0.0198. The zero-order chi connectivity index (χ0) is 15.6. The molecule has 1 aliphatic carbocycles. The minimum absolute atomic E-state index is 0.195. The number of aliphatic carboxylic acids is 1. The summed E-state index contributed by atoms with van der Waals surface area (Å²) < 4.78 is 5.04. The van der Waals surface area contributed by atoms with Gasteiger partial charge >= 0.3 is 11.9 Å². The molecule has 2 rings (SSSR count). The molecule has 1 aliphatic heterocycles. The zero-order valence-corrected chi connectivity index (χ0v) is 12.2. The number of likely N-dealkylation sites (tertiary alicyclic amines) is 1. The SMILES string of the molecule is CCOC(=O)C1CCN(C(=O)CN)[C@@]1(C(=O)O)C1CCC1. The lowest BCUT2D eigenvalue weighted by molar-refractivity contribution is -0.174. The summed E-state index contributed by atoms with van der Waals surface area (Å²) in [5.41, 5.74) is 3.93. The number of hydrogen-bond acceptors (Lipinski definition) is 5. The summed E-state index contributed by atoms with van der Waals surface area (Å²) in [5.74, 6) is -3.09. The van der Waals surface area contributed by atoms with E-state index < -0.39 is 29.3 Å². The molecule has 0 aromatic rings. The molecule has 7 heteroatoms. The molecule has 118 valence electrons. The molecule has 0 spiro atoms. The normalized spacial score (nSPS) is 29.0. The van der Waals surface area contributed by atoms with Gasteiger partial charge in [0.15, 0.2) is 5.54 Å². The van der Waals surface area contributed by atoms with Crippen LogP contribution in [0.3, 0.4) is 0 Å². The third kappa shape index (κ3) is 2.29. The van der Waals surface area contributed by atoms with Gasteiger partial charge in [0.1, 0.15) is 0 Å². The van der Waals surface area contributed by atoms with Crippen molar-refractivity contribution in [3.8, 4) is 0 Å². The molecule has 2 atom stereocenters. The van der Waals surface area contributed by atoms with E-state index in [2.05, 4.69) is 0 Å². The minimum atomic E-state index is -1.49. The summed E-state index contributed by atoms with van der Waals surface area (Å²) in [6.45, 7) is 1.86. The van der Waals surface area contributed by atoms with Gasteiger partial charge in [-0.25, -0.2) is 4.79 Å². The van der Waals surface area contributed by atoms with Crippen LogP contribution < -0.4 is 5.73 Å². The second-order valence-electron chi connectivity index (χ2n) is 5.60. The van der Waals surface area contributed by atoms with Crippen LogP contribution in [-0.2, 0) is 19.1 Å². The Bertz CT molecular complexity index is 449. The lowest BCUT2D eigenvalue weighted by atomic mass is 9.65. The van der Waals surface area contributed by atoms with Crippen LogP contribution in [0, 0.1) is 11.8 Å². The molecule has 21 heavy (non-hydrogen) atoms. The number of rotatable bonds is 5. The highest BCUT2D eigenvalue weighted by Crippen LogP contribution is 2.49. The van der Waals surface area contributed by atoms with Crippen molar-refractivity contribution in [2.24, 2.45) is 17.6 Å². The molecule has 0 aromatic heterocycles. The Morgan fingerprint density at radius 1 is 1.33 bits per heavy atom. The Morgan fingerprint density at radius 2 is 2.00 bits per heavy atom. The number of esters is 1. The number of carboxylic acid groups (broad SMARTS) is 1. The van der Waals surface area contributed by atoms with Crippen molar-refractivity contribution in [3.63, 3.8) is 0 Å². The molecule has 1 saturated heterocycles. The van der Waals surface area contributed by atoms with E-state index in [1.54, 1.807) is 6.92 Å². The van der Waals surface area contributed by atoms with E-state index in [-0.39, 0.29) is 25.6 Å². The quantitative estimate of drug-likeness (QED) is 0.690. The third-order valence-electron chi connectivity index (χ3n) is 4.74. The Hall–Kier alpha value is -1.63. The van der Waals surface area contributed by atoms with Crippen LogP contribution >= 0.6 is 0 Å². The van der Waals surface area contributed by atoms with Crippen molar-refractivity contribution in [1.29, 1.82) is 0 Å². The minimum Gasteiger partial charge on any atom is -0.479 e. The van der Waals surface area contributed by atoms with Crippen molar-refractivity contribution in [2.45, 2.75) is 38.1 Å². The molecule has 1 amide bonds. The molecular formula is C14H22N2O5. The maximum absolute atomic E-state index is 12.2. The topological polar surface area (TPSA) is 110 Å². The fraction of sp³-hybridized carbons (Fsp3) is 0.786. The lowest BCUT2D eigenvalue weighted by Gasteiger charge is -2.47. The average molecular weight is 298 g/mol. The molecule has 0 aromatic carbocycles. The first-order valence-electron chi connectivity index (χ1n) is 7.40. The first-order chi connectivity index (χ1) is 9.99. The van der Waals surface area contributed by atoms with Gasteiger partial charge in [0.05, 0.1) is 19.1 Å². The van der Waals surface area contributed by atoms with Gasteiger partial charge in [-0.1, -0.05) is 6.42 Å². The smallest absolute Gasteiger partial charge is 0.330 e. The van der Waals surface area contributed by atoms with Gasteiger partial charge < -0.3 is 20.5 Å². The third-order valence-corrected chi connectivity index (χ3v) is 4.74. The largest absolute Gasteiger partial charge is 0.479 e. The summed E-state index contributed by atoms with van der Waals surface area (Å²) in [5, 5.41) is 9.86. The van der Waals surface area contributed by atoms with E-state index in [1.807, 2.05) is 0 Å². The van der Waals surface area contributed by atoms with Crippen LogP contribution in [0.2, 0.25) is 0 Å². The summed E-state index contributed by atoms with van der Waals surface area (Å²) in [6, 6.07) is 0. The van der Waals surface area contributed by atoms with Crippen LogP contribution in [0.4, 0.5) is 0 Å². The van der Waals surface area contributed by atoms with Gasteiger partial charge in [-0.05, 0) is 32.1 Å².